The Balaban J connectivity index is 2.17. The van der Waals surface area contributed by atoms with Crippen LogP contribution in [-0.2, 0) is 0 Å². The van der Waals surface area contributed by atoms with Crippen LogP contribution in [-0.4, -0.2) is 4.98 Å². The molecule has 84 valence electrons. The molecule has 0 aliphatic rings. The summed E-state index contributed by atoms with van der Waals surface area (Å²) in [4.78, 5) is 4.51. The summed E-state index contributed by atoms with van der Waals surface area (Å²) in [6, 6.07) is 14.2. The maximum absolute atomic E-state index is 6.00. The van der Waals surface area contributed by atoms with Crippen LogP contribution in [0.1, 0.15) is 5.01 Å². The van der Waals surface area contributed by atoms with Gasteiger partial charge in [0.25, 0.3) is 0 Å². The summed E-state index contributed by atoms with van der Waals surface area (Å²) in [6.07, 6.45) is 0. The van der Waals surface area contributed by atoms with Gasteiger partial charge in [-0.2, -0.15) is 0 Å². The van der Waals surface area contributed by atoms with E-state index in [0.717, 1.165) is 26.7 Å². The molecule has 0 bridgehead atoms. The van der Waals surface area contributed by atoms with Crippen molar-refractivity contribution >= 4 is 33.2 Å². The Labute approximate surface area is 109 Å². The van der Waals surface area contributed by atoms with Crippen LogP contribution in [0.5, 0.6) is 0 Å². The van der Waals surface area contributed by atoms with E-state index in [2.05, 4.69) is 29.2 Å². The number of rotatable bonds is 1. The Kier molecular flexibility index (Phi) is 2.61. The van der Waals surface area contributed by atoms with E-state index in [4.69, 9.17) is 11.6 Å². The summed E-state index contributed by atoms with van der Waals surface area (Å²) in [6.45, 7) is 2.03. The number of nitrogens with zero attached hydrogens (tertiary/aromatic N) is 1. The van der Waals surface area contributed by atoms with Crippen molar-refractivity contribution in [1.29, 1.82) is 0 Å². The van der Waals surface area contributed by atoms with E-state index in [1.54, 1.807) is 11.3 Å². The maximum Gasteiger partial charge on any atom is 0.0907 e. The fourth-order valence-electron chi connectivity index (χ4n) is 1.89. The molecule has 1 heterocycles. The lowest BCUT2D eigenvalue weighted by atomic mass is 10.1. The first-order valence-corrected chi connectivity index (χ1v) is 6.55. The first kappa shape index (κ1) is 10.8. The number of aryl methyl sites for hydroxylation is 1. The summed E-state index contributed by atoms with van der Waals surface area (Å²) < 4.78 is 1.23. The Bertz CT molecular complexity index is 688. The Morgan fingerprint density at radius 1 is 1.06 bits per heavy atom. The van der Waals surface area contributed by atoms with Crippen molar-refractivity contribution in [3.8, 4) is 11.1 Å². The van der Waals surface area contributed by atoms with Gasteiger partial charge in [-0.15, -0.1) is 11.3 Å². The third-order valence-electron chi connectivity index (χ3n) is 2.65. The molecule has 0 atom stereocenters. The monoisotopic (exact) mass is 259 g/mol. The lowest BCUT2D eigenvalue weighted by Gasteiger charge is -2.01. The van der Waals surface area contributed by atoms with Gasteiger partial charge in [-0.1, -0.05) is 29.8 Å². The largest absolute Gasteiger partial charge is 0.241 e. The molecule has 0 saturated carbocycles. The number of hydrogen-bond acceptors (Lipinski definition) is 2. The molecule has 0 unspecified atom stereocenters. The van der Waals surface area contributed by atoms with Crippen LogP contribution < -0.4 is 0 Å². The average Bonchev–Trinajstić information content (AvgIpc) is 2.68. The Morgan fingerprint density at radius 2 is 1.88 bits per heavy atom. The number of benzene rings is 2. The lowest BCUT2D eigenvalue weighted by molar-refractivity contribution is 1.35. The van der Waals surface area contributed by atoms with Gasteiger partial charge >= 0.3 is 0 Å². The fraction of sp³-hybridized carbons (Fsp3) is 0.0714. The van der Waals surface area contributed by atoms with Crippen LogP contribution in [0.3, 0.4) is 0 Å². The molecule has 3 heteroatoms. The maximum atomic E-state index is 6.00. The molecule has 3 rings (SSSR count). The van der Waals surface area contributed by atoms with Gasteiger partial charge in [0.2, 0.25) is 0 Å². The molecule has 0 aliphatic carbocycles. The second kappa shape index (κ2) is 4.13. The molecule has 0 saturated heterocycles. The van der Waals surface area contributed by atoms with Crippen LogP contribution in [0.15, 0.2) is 42.5 Å². The minimum atomic E-state index is 0.761. The van der Waals surface area contributed by atoms with E-state index in [1.165, 1.54) is 4.70 Å². The molecule has 2 aromatic carbocycles. The third-order valence-corrected chi connectivity index (χ3v) is 3.84. The number of halogens is 1. The smallest absolute Gasteiger partial charge is 0.0907 e. The number of fused-ring (bicyclic) bond motifs is 1. The molecule has 1 nitrogen and oxygen atoms in total. The normalized spacial score (nSPS) is 10.9. The van der Waals surface area contributed by atoms with E-state index in [1.807, 2.05) is 25.1 Å². The van der Waals surface area contributed by atoms with Crippen molar-refractivity contribution in [1.82, 2.24) is 4.98 Å². The zero-order valence-electron chi connectivity index (χ0n) is 9.27. The van der Waals surface area contributed by atoms with Crippen LogP contribution in [0.25, 0.3) is 21.3 Å². The van der Waals surface area contributed by atoms with Crippen LogP contribution >= 0.6 is 22.9 Å². The predicted octanol–water partition coefficient (Wildman–Crippen LogP) is 4.93. The summed E-state index contributed by atoms with van der Waals surface area (Å²) in [5.41, 5.74) is 3.35. The molecule has 0 radical (unpaired) electrons. The van der Waals surface area contributed by atoms with Gasteiger partial charge in [-0.05, 0) is 42.3 Å². The van der Waals surface area contributed by atoms with E-state index in [9.17, 15) is 0 Å². The van der Waals surface area contributed by atoms with Gasteiger partial charge in [0.15, 0.2) is 0 Å². The van der Waals surface area contributed by atoms with Crippen molar-refractivity contribution in [3.63, 3.8) is 0 Å². The van der Waals surface area contributed by atoms with E-state index in [0.29, 0.717) is 0 Å². The van der Waals surface area contributed by atoms with Crippen LogP contribution in [0.4, 0.5) is 0 Å². The second-order valence-electron chi connectivity index (χ2n) is 3.93. The van der Waals surface area contributed by atoms with Crippen molar-refractivity contribution in [2.24, 2.45) is 0 Å². The predicted molar refractivity (Wildman–Crippen MR) is 74.8 cm³/mol. The summed E-state index contributed by atoms with van der Waals surface area (Å²) >= 11 is 7.73. The summed E-state index contributed by atoms with van der Waals surface area (Å²) in [7, 11) is 0. The van der Waals surface area contributed by atoms with E-state index < -0.39 is 0 Å². The third kappa shape index (κ3) is 2.06. The molecular formula is C14H10ClNS. The zero-order valence-corrected chi connectivity index (χ0v) is 10.8. The van der Waals surface area contributed by atoms with Crippen molar-refractivity contribution in [2.45, 2.75) is 6.92 Å². The van der Waals surface area contributed by atoms with Crippen molar-refractivity contribution in [2.75, 3.05) is 0 Å². The molecular weight excluding hydrogens is 250 g/mol. The minimum absolute atomic E-state index is 0.761. The zero-order chi connectivity index (χ0) is 11.8. The van der Waals surface area contributed by atoms with E-state index in [-0.39, 0.29) is 0 Å². The first-order valence-electron chi connectivity index (χ1n) is 5.35. The lowest BCUT2D eigenvalue weighted by Crippen LogP contribution is -1.78. The highest BCUT2D eigenvalue weighted by Gasteiger charge is 2.03. The van der Waals surface area contributed by atoms with Gasteiger partial charge in [0.05, 0.1) is 15.2 Å². The molecule has 17 heavy (non-hydrogen) atoms. The number of aromatic nitrogens is 1. The highest BCUT2D eigenvalue weighted by atomic mass is 35.5. The van der Waals surface area contributed by atoms with Gasteiger partial charge in [0, 0.05) is 5.02 Å². The van der Waals surface area contributed by atoms with Crippen molar-refractivity contribution in [3.05, 3.63) is 52.5 Å². The van der Waals surface area contributed by atoms with Crippen LogP contribution in [0.2, 0.25) is 5.02 Å². The standard InChI is InChI=1S/C14H10ClNS/c1-9-16-13-8-11(5-6-14(13)17-9)10-3-2-4-12(15)7-10/h2-8H,1H3. The molecule has 0 N–H and O–H groups in total. The molecule has 0 fully saturated rings. The Hall–Kier alpha value is -1.38. The minimum Gasteiger partial charge on any atom is -0.241 e. The molecule has 0 aliphatic heterocycles. The van der Waals surface area contributed by atoms with Gasteiger partial charge in [0.1, 0.15) is 0 Å². The topological polar surface area (TPSA) is 12.9 Å². The number of hydrogen-bond donors (Lipinski definition) is 0. The first-order chi connectivity index (χ1) is 8.22. The summed E-state index contributed by atoms with van der Waals surface area (Å²) in [5.74, 6) is 0. The Morgan fingerprint density at radius 3 is 2.71 bits per heavy atom. The SMILES string of the molecule is Cc1nc2cc(-c3cccc(Cl)c3)ccc2s1. The molecule has 0 amide bonds. The van der Waals surface area contributed by atoms with Gasteiger partial charge in [-0.25, -0.2) is 4.98 Å². The van der Waals surface area contributed by atoms with Crippen LogP contribution in [0, 0.1) is 6.92 Å². The molecule has 3 aromatic rings. The number of thiazole rings is 1. The summed E-state index contributed by atoms with van der Waals surface area (Å²) in [5, 5.41) is 1.86. The quantitative estimate of drug-likeness (QED) is 0.604. The molecule has 1 aromatic heterocycles. The van der Waals surface area contributed by atoms with Crippen molar-refractivity contribution < 1.29 is 0 Å². The fourth-order valence-corrected chi connectivity index (χ4v) is 2.89. The second-order valence-corrected chi connectivity index (χ2v) is 5.60. The van der Waals surface area contributed by atoms with E-state index >= 15 is 0 Å². The highest BCUT2D eigenvalue weighted by Crippen LogP contribution is 2.28. The van der Waals surface area contributed by atoms with Gasteiger partial charge in [-0.3, -0.25) is 0 Å². The highest BCUT2D eigenvalue weighted by molar-refractivity contribution is 7.18. The molecule has 0 spiro atoms. The average molecular weight is 260 g/mol. The van der Waals surface area contributed by atoms with Gasteiger partial charge < -0.3 is 0 Å².